The average molecular weight is 334 g/mol. The van der Waals surface area contributed by atoms with Crippen molar-refractivity contribution in [2.45, 2.75) is 6.42 Å². The van der Waals surface area contributed by atoms with Crippen LogP contribution in [0.5, 0.6) is 5.75 Å². The number of fused-ring (bicyclic) bond motifs is 1. The molecule has 0 radical (unpaired) electrons. The molecule has 1 aromatic heterocycles. The van der Waals surface area contributed by atoms with Crippen molar-refractivity contribution in [2.24, 2.45) is 0 Å². The van der Waals surface area contributed by atoms with E-state index < -0.39 is 5.82 Å². The van der Waals surface area contributed by atoms with Gasteiger partial charge in [-0.3, -0.25) is 4.79 Å². The van der Waals surface area contributed by atoms with Gasteiger partial charge < -0.3 is 14.5 Å². The number of amides is 1. The Kier molecular flexibility index (Phi) is 4.21. The van der Waals surface area contributed by atoms with Gasteiger partial charge in [0.05, 0.1) is 25.5 Å². The van der Waals surface area contributed by atoms with E-state index >= 15 is 0 Å². The molecule has 2 aromatic carbocycles. The molecule has 0 aliphatic rings. The zero-order valence-electron chi connectivity index (χ0n) is 12.2. The van der Waals surface area contributed by atoms with Gasteiger partial charge in [-0.05, 0) is 30.3 Å². The van der Waals surface area contributed by atoms with E-state index in [1.165, 1.54) is 24.5 Å². The van der Waals surface area contributed by atoms with Crippen LogP contribution < -0.4 is 10.1 Å². The first kappa shape index (κ1) is 15.4. The highest BCUT2D eigenvalue weighted by Gasteiger charge is 2.13. The third-order valence-corrected chi connectivity index (χ3v) is 3.65. The molecule has 3 aromatic rings. The predicted octanol–water partition coefficient (Wildman–Crippen LogP) is 4.42. The number of nitrogens with one attached hydrogen (secondary N) is 1. The van der Waals surface area contributed by atoms with E-state index in [1.54, 1.807) is 19.2 Å². The van der Waals surface area contributed by atoms with Crippen molar-refractivity contribution in [3.05, 3.63) is 59.1 Å². The van der Waals surface area contributed by atoms with E-state index in [4.69, 9.17) is 20.8 Å². The zero-order valence-corrected chi connectivity index (χ0v) is 13.0. The molecule has 118 valence electrons. The fraction of sp³-hybridized carbons (Fsp3) is 0.118. The zero-order chi connectivity index (χ0) is 16.4. The molecule has 0 unspecified atom stereocenters. The monoisotopic (exact) mass is 333 g/mol. The largest absolute Gasteiger partial charge is 0.497 e. The number of benzene rings is 2. The molecule has 6 heteroatoms. The Bertz CT molecular complexity index is 875. The Hall–Kier alpha value is -2.53. The van der Waals surface area contributed by atoms with Gasteiger partial charge in [0.25, 0.3) is 0 Å². The minimum absolute atomic E-state index is 0.0527. The second-order valence-corrected chi connectivity index (χ2v) is 5.41. The molecule has 0 aliphatic carbocycles. The number of ether oxygens (including phenoxy) is 1. The van der Waals surface area contributed by atoms with Crippen LogP contribution in [-0.2, 0) is 11.2 Å². The number of anilines is 1. The van der Waals surface area contributed by atoms with Crippen molar-refractivity contribution in [3.8, 4) is 5.75 Å². The normalized spacial score (nSPS) is 10.7. The number of halogens is 2. The molecule has 0 fully saturated rings. The Balaban J connectivity index is 1.79. The maximum Gasteiger partial charge on any atom is 0.229 e. The molecule has 0 saturated heterocycles. The predicted molar refractivity (Wildman–Crippen MR) is 86.5 cm³/mol. The lowest BCUT2D eigenvalue weighted by Crippen LogP contribution is -2.15. The van der Waals surface area contributed by atoms with Gasteiger partial charge in [0.1, 0.15) is 17.1 Å². The third-order valence-electron chi connectivity index (χ3n) is 3.42. The van der Waals surface area contributed by atoms with Crippen molar-refractivity contribution in [1.29, 1.82) is 0 Å². The molecular weight excluding hydrogens is 321 g/mol. The van der Waals surface area contributed by atoms with Gasteiger partial charge >= 0.3 is 0 Å². The van der Waals surface area contributed by atoms with Crippen LogP contribution in [0.15, 0.2) is 47.1 Å². The minimum Gasteiger partial charge on any atom is -0.497 e. The fourth-order valence-corrected chi connectivity index (χ4v) is 2.46. The maximum absolute atomic E-state index is 13.6. The highest BCUT2D eigenvalue weighted by molar-refractivity contribution is 6.30. The second kappa shape index (κ2) is 6.30. The van der Waals surface area contributed by atoms with Gasteiger partial charge in [-0.25, -0.2) is 4.39 Å². The van der Waals surface area contributed by atoms with Crippen molar-refractivity contribution in [2.75, 3.05) is 12.4 Å². The van der Waals surface area contributed by atoms with E-state index in [1.807, 2.05) is 6.07 Å². The number of carbonyl (C=O) groups is 1. The summed E-state index contributed by atoms with van der Waals surface area (Å²) in [6.07, 6.45) is 1.57. The van der Waals surface area contributed by atoms with E-state index in [0.717, 1.165) is 5.39 Å². The average Bonchev–Trinajstić information content (AvgIpc) is 2.93. The summed E-state index contributed by atoms with van der Waals surface area (Å²) in [4.78, 5) is 12.1. The number of furan rings is 1. The van der Waals surface area contributed by atoms with Crippen molar-refractivity contribution >= 4 is 34.2 Å². The highest BCUT2D eigenvalue weighted by Crippen LogP contribution is 2.26. The standard InChI is InChI=1S/C17H13ClFNO3/c1-22-12-3-4-13-10(9-23-16(13)8-12)6-17(21)20-15-7-11(18)2-5-14(15)19/h2-5,7-9H,6H2,1H3,(H,20,21). The summed E-state index contributed by atoms with van der Waals surface area (Å²) >= 11 is 5.80. The lowest BCUT2D eigenvalue weighted by Gasteiger charge is -2.06. The van der Waals surface area contributed by atoms with Crippen molar-refractivity contribution in [1.82, 2.24) is 0 Å². The number of carbonyl (C=O) groups excluding carboxylic acids is 1. The van der Waals surface area contributed by atoms with Crippen LogP contribution in [0.1, 0.15) is 5.56 Å². The fourth-order valence-electron chi connectivity index (χ4n) is 2.29. The van der Waals surface area contributed by atoms with Crippen LogP contribution >= 0.6 is 11.6 Å². The van der Waals surface area contributed by atoms with Crippen molar-refractivity contribution in [3.63, 3.8) is 0 Å². The Labute approximate surface area is 136 Å². The second-order valence-electron chi connectivity index (χ2n) is 4.97. The molecule has 1 amide bonds. The van der Waals surface area contributed by atoms with Gasteiger partial charge in [0.15, 0.2) is 0 Å². The van der Waals surface area contributed by atoms with Crippen molar-refractivity contribution < 1.29 is 18.3 Å². The van der Waals surface area contributed by atoms with Gasteiger partial charge in [-0.15, -0.1) is 0 Å². The number of hydrogen-bond donors (Lipinski definition) is 1. The third kappa shape index (κ3) is 3.29. The van der Waals surface area contributed by atoms with Crippen LogP contribution in [0.3, 0.4) is 0 Å². The molecule has 0 aliphatic heterocycles. The van der Waals surface area contributed by atoms with Gasteiger partial charge in [-0.2, -0.15) is 0 Å². The lowest BCUT2D eigenvalue weighted by atomic mass is 10.1. The first-order chi connectivity index (χ1) is 11.1. The summed E-state index contributed by atoms with van der Waals surface area (Å²) < 4.78 is 24.2. The van der Waals surface area contributed by atoms with Gasteiger partial charge in [0.2, 0.25) is 5.91 Å². The maximum atomic E-state index is 13.6. The molecule has 4 nitrogen and oxygen atoms in total. The molecule has 0 spiro atoms. The molecule has 1 heterocycles. The first-order valence-electron chi connectivity index (χ1n) is 6.86. The molecule has 0 atom stereocenters. The number of hydrogen-bond acceptors (Lipinski definition) is 3. The summed E-state index contributed by atoms with van der Waals surface area (Å²) in [6.45, 7) is 0. The molecule has 0 bridgehead atoms. The Morgan fingerprint density at radius 2 is 2.13 bits per heavy atom. The minimum atomic E-state index is -0.537. The lowest BCUT2D eigenvalue weighted by molar-refractivity contribution is -0.115. The SMILES string of the molecule is COc1ccc2c(CC(=O)Nc3cc(Cl)ccc3F)coc2c1. The molecule has 1 N–H and O–H groups in total. The smallest absolute Gasteiger partial charge is 0.229 e. The first-order valence-corrected chi connectivity index (χ1v) is 7.23. The van der Waals surface area contributed by atoms with Crippen LogP contribution in [0.2, 0.25) is 5.02 Å². The summed E-state index contributed by atoms with van der Waals surface area (Å²) in [5.74, 6) is -0.224. The Morgan fingerprint density at radius 1 is 1.30 bits per heavy atom. The highest BCUT2D eigenvalue weighted by atomic mass is 35.5. The van der Waals surface area contributed by atoms with Gasteiger partial charge in [-0.1, -0.05) is 11.6 Å². The van der Waals surface area contributed by atoms with E-state index in [2.05, 4.69) is 5.32 Å². The van der Waals surface area contributed by atoms with Gasteiger partial charge in [0, 0.05) is 22.0 Å². The summed E-state index contributed by atoms with van der Waals surface area (Å²) in [7, 11) is 1.57. The molecule has 0 saturated carbocycles. The molecule has 23 heavy (non-hydrogen) atoms. The van der Waals surface area contributed by atoms with Crippen LogP contribution in [0, 0.1) is 5.82 Å². The number of rotatable bonds is 4. The van der Waals surface area contributed by atoms with E-state index in [9.17, 15) is 9.18 Å². The quantitative estimate of drug-likeness (QED) is 0.769. The summed E-state index contributed by atoms with van der Waals surface area (Å²) in [5, 5.41) is 3.67. The van der Waals surface area contributed by atoms with Crippen LogP contribution in [0.4, 0.5) is 10.1 Å². The van der Waals surface area contributed by atoms with E-state index in [0.29, 0.717) is 21.9 Å². The van der Waals surface area contributed by atoms with Crippen LogP contribution in [-0.4, -0.2) is 13.0 Å². The molecular formula is C17H13ClFNO3. The number of methoxy groups -OCH3 is 1. The summed E-state index contributed by atoms with van der Waals surface area (Å²) in [6, 6.07) is 9.34. The van der Waals surface area contributed by atoms with Crippen LogP contribution in [0.25, 0.3) is 11.0 Å². The molecule has 3 rings (SSSR count). The summed E-state index contributed by atoms with van der Waals surface area (Å²) in [5.41, 5.74) is 1.39. The Morgan fingerprint density at radius 3 is 2.91 bits per heavy atom. The topological polar surface area (TPSA) is 51.5 Å². The van der Waals surface area contributed by atoms with E-state index in [-0.39, 0.29) is 18.0 Å².